The third-order valence-electron chi connectivity index (χ3n) is 4.37. The first-order chi connectivity index (χ1) is 9.55. The van der Waals surface area contributed by atoms with Crippen LogP contribution in [0.25, 0.3) is 0 Å². The molecule has 0 aromatic carbocycles. The van der Waals surface area contributed by atoms with Crippen molar-refractivity contribution >= 4 is 5.97 Å². The Hall–Kier alpha value is -1.42. The van der Waals surface area contributed by atoms with E-state index in [-0.39, 0.29) is 0 Å². The van der Waals surface area contributed by atoms with E-state index in [1.165, 1.54) is 5.56 Å². The fourth-order valence-corrected chi connectivity index (χ4v) is 3.04. The normalized spacial score (nSPS) is 18.9. The molecular weight excluding hydrogens is 252 g/mol. The van der Waals surface area contributed by atoms with Gasteiger partial charge in [-0.2, -0.15) is 0 Å². The molecule has 4 nitrogen and oxygen atoms in total. The van der Waals surface area contributed by atoms with E-state index in [0.29, 0.717) is 0 Å². The van der Waals surface area contributed by atoms with Crippen LogP contribution in [0.2, 0.25) is 0 Å². The summed E-state index contributed by atoms with van der Waals surface area (Å²) in [4.78, 5) is 18.2. The maximum Gasteiger partial charge on any atom is 0.309 e. The molecule has 0 amide bonds. The zero-order valence-electron chi connectivity index (χ0n) is 12.4. The maximum atomic E-state index is 11.5. The molecule has 0 bridgehead atoms. The van der Waals surface area contributed by atoms with Gasteiger partial charge in [-0.1, -0.05) is 19.4 Å². The van der Waals surface area contributed by atoms with Gasteiger partial charge in [-0.15, -0.1) is 0 Å². The molecule has 0 saturated carbocycles. The molecule has 1 fully saturated rings. The minimum absolute atomic E-state index is 0.489. The number of aliphatic carboxylic acids is 1. The number of piperidine rings is 1. The molecule has 1 saturated heterocycles. The van der Waals surface area contributed by atoms with Gasteiger partial charge in [-0.25, -0.2) is 0 Å². The molecule has 20 heavy (non-hydrogen) atoms. The lowest BCUT2D eigenvalue weighted by Gasteiger charge is -2.38. The minimum atomic E-state index is -0.615. The van der Waals surface area contributed by atoms with Crippen molar-refractivity contribution in [3.05, 3.63) is 29.6 Å². The van der Waals surface area contributed by atoms with Crippen LogP contribution in [0.1, 0.15) is 43.9 Å². The fraction of sp³-hybridized carbons (Fsp3) is 0.625. The van der Waals surface area contributed by atoms with Crippen molar-refractivity contribution < 1.29 is 9.90 Å². The topological polar surface area (TPSA) is 53.4 Å². The summed E-state index contributed by atoms with van der Waals surface area (Å²) < 4.78 is 0. The number of carboxylic acids is 1. The molecule has 1 N–H and O–H groups in total. The Kier molecular flexibility index (Phi) is 4.76. The molecular formula is C16H24N2O2. The third-order valence-corrected chi connectivity index (χ3v) is 4.37. The highest BCUT2D eigenvalue weighted by Gasteiger charge is 2.40. The van der Waals surface area contributed by atoms with Gasteiger partial charge in [0.2, 0.25) is 0 Å². The van der Waals surface area contributed by atoms with Gasteiger partial charge in [0, 0.05) is 18.4 Å². The second-order valence-electron chi connectivity index (χ2n) is 5.92. The summed E-state index contributed by atoms with van der Waals surface area (Å²) in [5.74, 6) is -0.615. The van der Waals surface area contributed by atoms with Crippen LogP contribution in [0.5, 0.6) is 0 Å². The Morgan fingerprint density at radius 3 is 2.60 bits per heavy atom. The molecule has 1 aromatic rings. The van der Waals surface area contributed by atoms with Gasteiger partial charge in [0.05, 0.1) is 5.41 Å². The molecule has 0 spiro atoms. The number of hydrogen-bond acceptors (Lipinski definition) is 3. The second kappa shape index (κ2) is 6.35. The lowest BCUT2D eigenvalue weighted by molar-refractivity contribution is -0.152. The zero-order valence-corrected chi connectivity index (χ0v) is 12.4. The number of carbonyl (C=O) groups is 1. The highest BCUT2D eigenvalue weighted by atomic mass is 16.4. The summed E-state index contributed by atoms with van der Waals surface area (Å²) in [6, 6.07) is 4.13. The van der Waals surface area contributed by atoms with Crippen molar-refractivity contribution in [2.24, 2.45) is 5.41 Å². The van der Waals surface area contributed by atoms with Crippen molar-refractivity contribution in [1.29, 1.82) is 0 Å². The number of pyridine rings is 1. The highest BCUT2D eigenvalue weighted by molar-refractivity contribution is 5.74. The van der Waals surface area contributed by atoms with E-state index in [2.05, 4.69) is 22.9 Å². The Labute approximate surface area is 120 Å². The van der Waals surface area contributed by atoms with E-state index in [1.54, 1.807) is 0 Å². The van der Waals surface area contributed by atoms with Gasteiger partial charge in [-0.05, 0) is 50.9 Å². The summed E-state index contributed by atoms with van der Waals surface area (Å²) >= 11 is 0. The molecule has 2 rings (SSSR count). The van der Waals surface area contributed by atoms with Crippen molar-refractivity contribution in [2.75, 3.05) is 13.1 Å². The zero-order chi connectivity index (χ0) is 14.6. The molecule has 4 heteroatoms. The van der Waals surface area contributed by atoms with Gasteiger partial charge >= 0.3 is 5.97 Å². The number of nitrogens with zero attached hydrogens (tertiary/aromatic N) is 2. The van der Waals surface area contributed by atoms with E-state index in [0.717, 1.165) is 51.0 Å². The van der Waals surface area contributed by atoms with E-state index in [1.807, 2.05) is 19.2 Å². The van der Waals surface area contributed by atoms with Crippen molar-refractivity contribution in [2.45, 2.75) is 46.1 Å². The first kappa shape index (κ1) is 15.0. The predicted octanol–water partition coefficient (Wildman–Crippen LogP) is 2.86. The molecule has 0 aliphatic carbocycles. The van der Waals surface area contributed by atoms with Crippen LogP contribution in [0.15, 0.2) is 18.3 Å². The van der Waals surface area contributed by atoms with E-state index in [4.69, 9.17) is 0 Å². The van der Waals surface area contributed by atoms with Gasteiger partial charge in [0.1, 0.15) is 0 Å². The largest absolute Gasteiger partial charge is 0.481 e. The molecule has 1 aliphatic heterocycles. The average molecular weight is 276 g/mol. The summed E-state index contributed by atoms with van der Waals surface area (Å²) in [5, 5.41) is 9.50. The van der Waals surface area contributed by atoms with Crippen LogP contribution >= 0.6 is 0 Å². The number of aromatic nitrogens is 1. The number of rotatable bonds is 5. The second-order valence-corrected chi connectivity index (χ2v) is 5.92. The van der Waals surface area contributed by atoms with Crippen LogP contribution in [-0.4, -0.2) is 34.0 Å². The van der Waals surface area contributed by atoms with Crippen LogP contribution in [0.4, 0.5) is 0 Å². The third kappa shape index (κ3) is 3.37. The lowest BCUT2D eigenvalue weighted by Crippen LogP contribution is -2.44. The van der Waals surface area contributed by atoms with Gasteiger partial charge in [0.25, 0.3) is 0 Å². The standard InChI is InChI=1S/C16H24N2O2/c1-3-6-16(15(19)20)7-9-18(10-8-16)12-14-5-4-13(2)17-11-14/h4-5,11H,3,6-10,12H2,1-2H3,(H,19,20). The maximum absolute atomic E-state index is 11.5. The van der Waals surface area contributed by atoms with Gasteiger partial charge < -0.3 is 5.11 Å². The molecule has 0 atom stereocenters. The quantitative estimate of drug-likeness (QED) is 0.898. The Morgan fingerprint density at radius 1 is 1.40 bits per heavy atom. The minimum Gasteiger partial charge on any atom is -0.481 e. The molecule has 1 aromatic heterocycles. The molecule has 0 radical (unpaired) electrons. The van der Waals surface area contributed by atoms with Crippen molar-refractivity contribution in [3.8, 4) is 0 Å². The first-order valence-electron chi connectivity index (χ1n) is 7.43. The monoisotopic (exact) mass is 276 g/mol. The molecule has 0 unspecified atom stereocenters. The van der Waals surface area contributed by atoms with E-state index < -0.39 is 11.4 Å². The van der Waals surface area contributed by atoms with Gasteiger partial charge in [-0.3, -0.25) is 14.7 Å². The number of likely N-dealkylation sites (tertiary alicyclic amines) is 1. The van der Waals surface area contributed by atoms with Gasteiger partial charge in [0.15, 0.2) is 0 Å². The molecule has 110 valence electrons. The number of aryl methyl sites for hydroxylation is 1. The van der Waals surface area contributed by atoms with E-state index >= 15 is 0 Å². The number of hydrogen-bond donors (Lipinski definition) is 1. The van der Waals surface area contributed by atoms with Crippen LogP contribution in [0, 0.1) is 12.3 Å². The summed E-state index contributed by atoms with van der Waals surface area (Å²) in [6.07, 6.45) is 5.17. The molecule has 1 aliphatic rings. The summed E-state index contributed by atoms with van der Waals surface area (Å²) in [7, 11) is 0. The lowest BCUT2D eigenvalue weighted by atomic mass is 9.75. The highest BCUT2D eigenvalue weighted by Crippen LogP contribution is 2.36. The smallest absolute Gasteiger partial charge is 0.309 e. The van der Waals surface area contributed by atoms with Crippen LogP contribution < -0.4 is 0 Å². The summed E-state index contributed by atoms with van der Waals surface area (Å²) in [5.41, 5.74) is 1.74. The predicted molar refractivity (Wildman–Crippen MR) is 78.5 cm³/mol. The Balaban J connectivity index is 1.93. The Morgan fingerprint density at radius 2 is 2.10 bits per heavy atom. The molecule has 2 heterocycles. The van der Waals surface area contributed by atoms with Crippen molar-refractivity contribution in [3.63, 3.8) is 0 Å². The summed E-state index contributed by atoms with van der Waals surface area (Å²) in [6.45, 7) is 6.64. The van der Waals surface area contributed by atoms with E-state index in [9.17, 15) is 9.90 Å². The van der Waals surface area contributed by atoms with Crippen molar-refractivity contribution in [1.82, 2.24) is 9.88 Å². The van der Waals surface area contributed by atoms with Crippen LogP contribution in [0.3, 0.4) is 0 Å². The fourth-order valence-electron chi connectivity index (χ4n) is 3.04. The first-order valence-corrected chi connectivity index (χ1v) is 7.43. The Bertz CT molecular complexity index is 448. The van der Waals surface area contributed by atoms with Crippen LogP contribution in [-0.2, 0) is 11.3 Å². The number of carboxylic acid groups (broad SMARTS) is 1. The SMILES string of the molecule is CCCC1(C(=O)O)CCN(Cc2ccc(C)nc2)CC1. The average Bonchev–Trinajstić information content (AvgIpc) is 2.44.